The third-order valence-electron chi connectivity index (χ3n) is 1.49. The maximum absolute atomic E-state index is 4.33. The van der Waals surface area contributed by atoms with Gasteiger partial charge in [-0.15, -0.1) is 21.5 Å². The van der Waals surface area contributed by atoms with Crippen LogP contribution in [0.4, 0.5) is 5.13 Å². The van der Waals surface area contributed by atoms with Crippen LogP contribution in [-0.4, -0.2) is 15.2 Å². The van der Waals surface area contributed by atoms with Gasteiger partial charge in [-0.3, -0.25) is 0 Å². The first kappa shape index (κ1) is 10.0. The van der Waals surface area contributed by atoms with Gasteiger partial charge in [-0.1, -0.05) is 11.3 Å². The van der Waals surface area contributed by atoms with Gasteiger partial charge in [0, 0.05) is 5.38 Å². The van der Waals surface area contributed by atoms with Crippen molar-refractivity contribution in [3.8, 4) is 0 Å². The van der Waals surface area contributed by atoms with Gasteiger partial charge in [0.2, 0.25) is 5.13 Å². The summed E-state index contributed by atoms with van der Waals surface area (Å²) in [6, 6.07) is 0. The molecule has 2 aromatic rings. The molecule has 0 saturated carbocycles. The van der Waals surface area contributed by atoms with Crippen LogP contribution in [0.25, 0.3) is 0 Å². The molecular formula is C7H7BrN4S2. The minimum absolute atomic E-state index is 0.700. The fourth-order valence-corrected chi connectivity index (χ4v) is 2.55. The maximum atomic E-state index is 4.33. The summed E-state index contributed by atoms with van der Waals surface area (Å²) in [4.78, 5) is 4.33. The summed E-state index contributed by atoms with van der Waals surface area (Å²) in [5.74, 6) is 0. The summed E-state index contributed by atoms with van der Waals surface area (Å²) >= 11 is 6.38. The fraction of sp³-hybridized carbons (Fsp3) is 0.286. The molecule has 7 heteroatoms. The molecule has 2 aromatic heterocycles. The molecule has 2 heterocycles. The summed E-state index contributed by atoms with van der Waals surface area (Å²) in [6.07, 6.45) is 0. The van der Waals surface area contributed by atoms with E-state index in [4.69, 9.17) is 0 Å². The number of aromatic nitrogens is 3. The Morgan fingerprint density at radius 1 is 1.50 bits per heavy atom. The number of nitrogens with one attached hydrogen (secondary N) is 1. The van der Waals surface area contributed by atoms with Crippen molar-refractivity contribution in [3.63, 3.8) is 0 Å². The highest BCUT2D eigenvalue weighted by molar-refractivity contribution is 9.11. The molecule has 0 spiro atoms. The van der Waals surface area contributed by atoms with Crippen molar-refractivity contribution < 1.29 is 0 Å². The zero-order chi connectivity index (χ0) is 9.97. The van der Waals surface area contributed by atoms with E-state index in [1.54, 1.807) is 11.3 Å². The highest BCUT2D eigenvalue weighted by atomic mass is 79.9. The van der Waals surface area contributed by atoms with Gasteiger partial charge in [0.15, 0.2) is 3.92 Å². The Morgan fingerprint density at radius 2 is 2.36 bits per heavy atom. The number of thiazole rings is 1. The van der Waals surface area contributed by atoms with Gasteiger partial charge < -0.3 is 5.32 Å². The molecule has 0 aromatic carbocycles. The molecule has 4 nitrogen and oxygen atoms in total. The molecule has 0 radical (unpaired) electrons. The van der Waals surface area contributed by atoms with Crippen molar-refractivity contribution in [3.05, 3.63) is 20.0 Å². The second kappa shape index (κ2) is 4.33. The van der Waals surface area contributed by atoms with Gasteiger partial charge in [0.05, 0.1) is 17.2 Å². The van der Waals surface area contributed by atoms with E-state index >= 15 is 0 Å². The zero-order valence-electron chi connectivity index (χ0n) is 7.32. The van der Waals surface area contributed by atoms with E-state index in [1.807, 2.05) is 12.3 Å². The normalized spacial score (nSPS) is 10.4. The SMILES string of the molecule is Cc1nc(CNc2nnc(Br)s2)cs1. The predicted octanol–water partition coefficient (Wildman–Crippen LogP) is 2.68. The van der Waals surface area contributed by atoms with Crippen LogP contribution in [-0.2, 0) is 6.54 Å². The van der Waals surface area contributed by atoms with Crippen molar-refractivity contribution in [2.24, 2.45) is 0 Å². The third-order valence-corrected chi connectivity index (χ3v) is 3.62. The first-order valence-electron chi connectivity index (χ1n) is 3.88. The Hall–Kier alpha value is -0.530. The van der Waals surface area contributed by atoms with Crippen molar-refractivity contribution in [2.75, 3.05) is 5.32 Å². The average molecular weight is 291 g/mol. The minimum atomic E-state index is 0.700. The number of rotatable bonds is 3. The maximum Gasteiger partial charge on any atom is 0.206 e. The molecule has 14 heavy (non-hydrogen) atoms. The standard InChI is InChI=1S/C7H7BrN4S2/c1-4-10-5(3-13-4)2-9-7-12-11-6(8)14-7/h3H,2H2,1H3,(H,9,12). The first-order valence-corrected chi connectivity index (χ1v) is 6.37. The predicted molar refractivity (Wildman–Crippen MR) is 61.8 cm³/mol. The smallest absolute Gasteiger partial charge is 0.206 e. The fourth-order valence-electron chi connectivity index (χ4n) is 0.932. The number of hydrogen-bond acceptors (Lipinski definition) is 6. The van der Waals surface area contributed by atoms with E-state index in [2.05, 4.69) is 36.4 Å². The Bertz CT molecular complexity index is 385. The van der Waals surface area contributed by atoms with Gasteiger partial charge in [0.25, 0.3) is 0 Å². The molecule has 0 unspecified atom stereocenters. The van der Waals surface area contributed by atoms with E-state index in [0.717, 1.165) is 19.8 Å². The zero-order valence-corrected chi connectivity index (χ0v) is 10.5. The van der Waals surface area contributed by atoms with Crippen molar-refractivity contribution in [2.45, 2.75) is 13.5 Å². The van der Waals surface area contributed by atoms with Gasteiger partial charge in [0.1, 0.15) is 0 Å². The van der Waals surface area contributed by atoms with Crippen LogP contribution in [0.5, 0.6) is 0 Å². The highest BCUT2D eigenvalue weighted by Gasteiger charge is 2.02. The van der Waals surface area contributed by atoms with Gasteiger partial charge in [-0.05, 0) is 22.9 Å². The molecule has 0 aliphatic carbocycles. The molecule has 0 amide bonds. The molecular weight excluding hydrogens is 284 g/mol. The summed E-state index contributed by atoms with van der Waals surface area (Å²) in [5.41, 5.74) is 1.04. The second-order valence-corrected chi connectivity index (χ2v) is 5.89. The van der Waals surface area contributed by atoms with E-state index in [9.17, 15) is 0 Å². The number of hydrogen-bond donors (Lipinski definition) is 1. The van der Waals surface area contributed by atoms with Gasteiger partial charge in [-0.25, -0.2) is 4.98 Å². The van der Waals surface area contributed by atoms with Crippen LogP contribution in [0.1, 0.15) is 10.7 Å². The lowest BCUT2D eigenvalue weighted by molar-refractivity contribution is 1.01. The second-order valence-electron chi connectivity index (χ2n) is 2.57. The van der Waals surface area contributed by atoms with Gasteiger partial charge in [-0.2, -0.15) is 0 Å². The van der Waals surface area contributed by atoms with Crippen molar-refractivity contribution in [1.29, 1.82) is 0 Å². The average Bonchev–Trinajstić information content (AvgIpc) is 2.72. The Kier molecular flexibility index (Phi) is 3.09. The molecule has 0 aliphatic heterocycles. The number of anilines is 1. The van der Waals surface area contributed by atoms with Crippen molar-refractivity contribution in [1.82, 2.24) is 15.2 Å². The lowest BCUT2D eigenvalue weighted by Gasteiger charge is -1.96. The molecule has 0 bridgehead atoms. The molecule has 74 valence electrons. The van der Waals surface area contributed by atoms with E-state index in [-0.39, 0.29) is 0 Å². The van der Waals surface area contributed by atoms with Crippen LogP contribution in [0.15, 0.2) is 9.30 Å². The summed E-state index contributed by atoms with van der Waals surface area (Å²) < 4.78 is 0.787. The molecule has 0 saturated heterocycles. The Balaban J connectivity index is 1.94. The van der Waals surface area contributed by atoms with Crippen LogP contribution in [0.2, 0.25) is 0 Å². The summed E-state index contributed by atoms with van der Waals surface area (Å²) in [5, 5.41) is 14.8. The summed E-state index contributed by atoms with van der Waals surface area (Å²) in [6.45, 7) is 2.70. The molecule has 0 aliphatic rings. The highest BCUT2D eigenvalue weighted by Crippen LogP contribution is 2.20. The van der Waals surface area contributed by atoms with Crippen LogP contribution in [0, 0.1) is 6.92 Å². The van der Waals surface area contributed by atoms with E-state index < -0.39 is 0 Å². The van der Waals surface area contributed by atoms with Crippen molar-refractivity contribution >= 4 is 43.7 Å². The molecule has 0 atom stereocenters. The van der Waals surface area contributed by atoms with Crippen LogP contribution >= 0.6 is 38.6 Å². The van der Waals surface area contributed by atoms with E-state index in [1.165, 1.54) is 11.3 Å². The Morgan fingerprint density at radius 3 is 2.93 bits per heavy atom. The van der Waals surface area contributed by atoms with E-state index in [0.29, 0.717) is 6.54 Å². The lowest BCUT2D eigenvalue weighted by atomic mass is 10.5. The van der Waals surface area contributed by atoms with Gasteiger partial charge >= 0.3 is 0 Å². The Labute approximate surface area is 97.5 Å². The summed E-state index contributed by atoms with van der Waals surface area (Å²) in [7, 11) is 0. The van der Waals surface area contributed by atoms with Crippen LogP contribution in [0.3, 0.4) is 0 Å². The quantitative estimate of drug-likeness (QED) is 0.944. The third kappa shape index (κ3) is 2.49. The number of aryl methyl sites for hydroxylation is 1. The first-order chi connectivity index (χ1) is 6.74. The monoisotopic (exact) mass is 290 g/mol. The number of nitrogens with zero attached hydrogens (tertiary/aromatic N) is 3. The lowest BCUT2D eigenvalue weighted by Crippen LogP contribution is -1.99. The topological polar surface area (TPSA) is 50.7 Å². The molecule has 1 N–H and O–H groups in total. The minimum Gasteiger partial charge on any atom is -0.354 e. The molecule has 0 fully saturated rings. The molecule has 2 rings (SSSR count). The number of halogens is 1. The van der Waals surface area contributed by atoms with Crippen LogP contribution < -0.4 is 5.32 Å². The largest absolute Gasteiger partial charge is 0.354 e.